The number of carbonyl (C=O) groups is 3. The third-order valence-electron chi connectivity index (χ3n) is 4.50. The van der Waals surface area contributed by atoms with Gasteiger partial charge in [-0.2, -0.15) is 5.10 Å². The Kier molecular flexibility index (Phi) is 5.91. The molecule has 2 aliphatic rings. The Labute approximate surface area is 137 Å². The molecule has 6 nitrogen and oxygen atoms in total. The first-order valence-corrected chi connectivity index (χ1v) is 8.49. The Hall–Kier alpha value is -1.72. The van der Waals surface area contributed by atoms with Crippen molar-refractivity contribution in [2.24, 2.45) is 16.4 Å². The Balaban J connectivity index is 1.75. The highest BCUT2D eigenvalue weighted by Gasteiger charge is 2.30. The van der Waals surface area contributed by atoms with Crippen LogP contribution in [-0.2, 0) is 14.4 Å². The van der Waals surface area contributed by atoms with Gasteiger partial charge in [-0.25, -0.2) is 5.43 Å². The van der Waals surface area contributed by atoms with Gasteiger partial charge in [-0.1, -0.05) is 33.1 Å². The first-order chi connectivity index (χ1) is 10.9. The molecule has 2 N–H and O–H groups in total. The van der Waals surface area contributed by atoms with Crippen LogP contribution in [0.1, 0.15) is 65.2 Å². The summed E-state index contributed by atoms with van der Waals surface area (Å²) in [4.78, 5) is 35.4. The van der Waals surface area contributed by atoms with Crippen LogP contribution in [0.4, 0.5) is 0 Å². The van der Waals surface area contributed by atoms with Crippen molar-refractivity contribution >= 4 is 23.3 Å². The van der Waals surface area contributed by atoms with E-state index < -0.39 is 0 Å². The lowest BCUT2D eigenvalue weighted by Crippen LogP contribution is -2.39. The molecule has 2 amide bonds. The summed E-state index contributed by atoms with van der Waals surface area (Å²) in [6.45, 7) is 3.97. The number of hydrogen-bond donors (Lipinski definition) is 2. The van der Waals surface area contributed by atoms with Gasteiger partial charge in [0, 0.05) is 24.5 Å². The molecule has 0 aliphatic heterocycles. The normalized spacial score (nSPS) is 23.6. The minimum Gasteiger partial charge on any atom is -0.347 e. The average Bonchev–Trinajstić information content (AvgIpc) is 2.49. The fraction of sp³-hybridized carbons (Fsp3) is 0.765. The summed E-state index contributed by atoms with van der Waals surface area (Å²) in [5, 5.41) is 6.74. The summed E-state index contributed by atoms with van der Waals surface area (Å²) < 4.78 is 0. The van der Waals surface area contributed by atoms with Gasteiger partial charge in [-0.15, -0.1) is 0 Å². The van der Waals surface area contributed by atoms with Crippen LogP contribution in [0.2, 0.25) is 0 Å². The number of Topliss-reactive ketones (excluding diaryl/α,β-unsaturated/α-hetero) is 1. The summed E-state index contributed by atoms with van der Waals surface area (Å²) in [5.41, 5.74) is 3.05. The lowest BCUT2D eigenvalue weighted by Gasteiger charge is -2.29. The standard InChI is InChI=1S/C17H27N3O3/c1-17(2)9-13(8-14(21)10-17)19-20-15(22)11-18-16(23)12-6-4-3-5-7-12/h12H,3-11H2,1-2H3,(H,18,23)(H,20,22)/b19-13+. The van der Waals surface area contributed by atoms with Gasteiger partial charge in [0.15, 0.2) is 0 Å². The summed E-state index contributed by atoms with van der Waals surface area (Å²) in [6.07, 6.45) is 6.74. The number of ketones is 1. The van der Waals surface area contributed by atoms with Gasteiger partial charge >= 0.3 is 0 Å². The van der Waals surface area contributed by atoms with Crippen LogP contribution in [-0.4, -0.2) is 29.9 Å². The minimum atomic E-state index is -0.350. The second-order valence-electron chi connectivity index (χ2n) is 7.50. The Morgan fingerprint density at radius 2 is 1.87 bits per heavy atom. The second kappa shape index (κ2) is 7.70. The van der Waals surface area contributed by atoms with E-state index in [-0.39, 0.29) is 35.5 Å². The van der Waals surface area contributed by atoms with Gasteiger partial charge in [0.25, 0.3) is 5.91 Å². The molecule has 128 valence electrons. The van der Waals surface area contributed by atoms with Gasteiger partial charge in [0.2, 0.25) is 5.91 Å². The monoisotopic (exact) mass is 321 g/mol. The van der Waals surface area contributed by atoms with Crippen LogP contribution in [0.15, 0.2) is 5.10 Å². The molecule has 0 aromatic carbocycles. The van der Waals surface area contributed by atoms with Crippen LogP contribution >= 0.6 is 0 Å². The van der Waals surface area contributed by atoms with Crippen molar-refractivity contribution in [2.45, 2.75) is 65.2 Å². The zero-order chi connectivity index (χ0) is 16.9. The molecular weight excluding hydrogens is 294 g/mol. The predicted octanol–water partition coefficient (Wildman–Crippen LogP) is 1.93. The second-order valence-corrected chi connectivity index (χ2v) is 7.50. The largest absolute Gasteiger partial charge is 0.347 e. The molecule has 2 saturated carbocycles. The van der Waals surface area contributed by atoms with E-state index in [9.17, 15) is 14.4 Å². The van der Waals surface area contributed by atoms with Gasteiger partial charge in [0.1, 0.15) is 5.78 Å². The fourth-order valence-corrected chi connectivity index (χ4v) is 3.44. The van der Waals surface area contributed by atoms with Crippen molar-refractivity contribution in [1.29, 1.82) is 0 Å². The van der Waals surface area contributed by atoms with E-state index in [2.05, 4.69) is 15.8 Å². The summed E-state index contributed by atoms with van der Waals surface area (Å²) in [6, 6.07) is 0. The van der Waals surface area contributed by atoms with E-state index in [0.717, 1.165) is 25.7 Å². The van der Waals surface area contributed by atoms with Crippen molar-refractivity contribution in [3.63, 3.8) is 0 Å². The highest BCUT2D eigenvalue weighted by Crippen LogP contribution is 2.31. The molecule has 6 heteroatoms. The van der Waals surface area contributed by atoms with E-state index in [1.54, 1.807) is 0 Å². The molecular formula is C17H27N3O3. The number of carbonyl (C=O) groups excluding carboxylic acids is 3. The van der Waals surface area contributed by atoms with Gasteiger partial charge in [-0.05, 0) is 24.7 Å². The number of hydrogen-bond acceptors (Lipinski definition) is 4. The van der Waals surface area contributed by atoms with Crippen molar-refractivity contribution < 1.29 is 14.4 Å². The fourth-order valence-electron chi connectivity index (χ4n) is 3.44. The summed E-state index contributed by atoms with van der Waals surface area (Å²) in [5.74, 6) is -0.196. The van der Waals surface area contributed by atoms with Crippen LogP contribution in [0.5, 0.6) is 0 Å². The molecule has 2 rings (SSSR count). The molecule has 0 spiro atoms. The molecule has 0 radical (unpaired) electrons. The smallest absolute Gasteiger partial charge is 0.259 e. The van der Waals surface area contributed by atoms with Crippen LogP contribution in [0, 0.1) is 11.3 Å². The molecule has 0 unspecified atom stereocenters. The number of amides is 2. The zero-order valence-corrected chi connectivity index (χ0v) is 14.1. The lowest BCUT2D eigenvalue weighted by molar-refractivity contribution is -0.129. The highest BCUT2D eigenvalue weighted by molar-refractivity contribution is 6.05. The highest BCUT2D eigenvalue weighted by atomic mass is 16.2. The number of nitrogens with zero attached hydrogens (tertiary/aromatic N) is 1. The first-order valence-electron chi connectivity index (χ1n) is 8.49. The number of hydrazone groups is 1. The maximum atomic E-state index is 12.0. The topological polar surface area (TPSA) is 87.6 Å². The molecule has 0 aromatic heterocycles. The predicted molar refractivity (Wildman–Crippen MR) is 87.8 cm³/mol. The number of nitrogens with one attached hydrogen (secondary N) is 2. The quantitative estimate of drug-likeness (QED) is 0.776. The molecule has 0 atom stereocenters. The van der Waals surface area contributed by atoms with Crippen LogP contribution < -0.4 is 10.7 Å². The minimum absolute atomic E-state index is 0.0403. The van der Waals surface area contributed by atoms with Gasteiger partial charge in [-0.3, -0.25) is 14.4 Å². The maximum absolute atomic E-state index is 12.0. The molecule has 23 heavy (non-hydrogen) atoms. The maximum Gasteiger partial charge on any atom is 0.259 e. The van der Waals surface area contributed by atoms with Crippen molar-refractivity contribution in [3.05, 3.63) is 0 Å². The zero-order valence-electron chi connectivity index (χ0n) is 14.1. The van der Waals surface area contributed by atoms with E-state index in [0.29, 0.717) is 25.0 Å². The molecule has 0 saturated heterocycles. The van der Waals surface area contributed by atoms with E-state index >= 15 is 0 Å². The van der Waals surface area contributed by atoms with Crippen LogP contribution in [0.3, 0.4) is 0 Å². The Morgan fingerprint density at radius 3 is 2.52 bits per heavy atom. The van der Waals surface area contributed by atoms with Crippen LogP contribution in [0.25, 0.3) is 0 Å². The molecule has 2 fully saturated rings. The molecule has 0 heterocycles. The Morgan fingerprint density at radius 1 is 1.17 bits per heavy atom. The molecule has 2 aliphatic carbocycles. The van der Waals surface area contributed by atoms with Gasteiger partial charge in [0.05, 0.1) is 6.54 Å². The SMILES string of the molecule is CC1(C)CC(=O)C/C(=N\NC(=O)CNC(=O)C2CCCCC2)C1. The first kappa shape index (κ1) is 17.6. The third-order valence-corrected chi connectivity index (χ3v) is 4.50. The lowest BCUT2D eigenvalue weighted by atomic mass is 9.76. The molecule has 0 aromatic rings. The van der Waals surface area contributed by atoms with E-state index in [1.807, 2.05) is 13.8 Å². The number of rotatable bonds is 4. The average molecular weight is 321 g/mol. The third kappa shape index (κ3) is 5.77. The Bertz CT molecular complexity index is 505. The summed E-state index contributed by atoms with van der Waals surface area (Å²) in [7, 11) is 0. The van der Waals surface area contributed by atoms with E-state index in [4.69, 9.17) is 0 Å². The van der Waals surface area contributed by atoms with E-state index in [1.165, 1.54) is 6.42 Å². The molecule has 0 bridgehead atoms. The summed E-state index contributed by atoms with van der Waals surface area (Å²) >= 11 is 0. The van der Waals surface area contributed by atoms with Crippen molar-refractivity contribution in [3.8, 4) is 0 Å². The van der Waals surface area contributed by atoms with Gasteiger partial charge < -0.3 is 5.32 Å². The van der Waals surface area contributed by atoms with Crippen molar-refractivity contribution in [2.75, 3.05) is 6.54 Å². The van der Waals surface area contributed by atoms with Crippen molar-refractivity contribution in [1.82, 2.24) is 10.7 Å².